The SMILES string of the molecule is CC(C)(C)[Si](C)(C)OC1CC2(CCC2)Cc2nc(C3CCOCC3)c([C@H](O)c3ccc(C(F)(F)F)cc3)c(C3=CCOCC3)c21. The van der Waals surface area contributed by atoms with Crippen molar-refractivity contribution in [2.24, 2.45) is 5.41 Å². The zero-order chi connectivity index (χ0) is 32.2. The molecule has 2 aromatic rings. The van der Waals surface area contributed by atoms with Gasteiger partial charge in [-0.1, -0.05) is 45.4 Å². The summed E-state index contributed by atoms with van der Waals surface area (Å²) in [6.45, 7) is 13.7. The van der Waals surface area contributed by atoms with Crippen LogP contribution in [0.3, 0.4) is 0 Å². The molecule has 9 heteroatoms. The molecule has 0 radical (unpaired) electrons. The van der Waals surface area contributed by atoms with Gasteiger partial charge in [-0.15, -0.1) is 0 Å². The molecule has 6 rings (SSSR count). The van der Waals surface area contributed by atoms with E-state index in [-0.39, 0.29) is 22.5 Å². The minimum atomic E-state index is -4.45. The lowest BCUT2D eigenvalue weighted by Crippen LogP contribution is -2.46. The molecule has 2 aliphatic heterocycles. The molecule has 3 heterocycles. The largest absolute Gasteiger partial charge is 0.416 e. The van der Waals surface area contributed by atoms with E-state index in [0.29, 0.717) is 38.4 Å². The van der Waals surface area contributed by atoms with Crippen LogP contribution in [0, 0.1) is 5.41 Å². The Morgan fingerprint density at radius 2 is 1.71 bits per heavy atom. The van der Waals surface area contributed by atoms with E-state index in [1.165, 1.54) is 31.4 Å². The van der Waals surface area contributed by atoms with E-state index in [1.807, 2.05) is 0 Å². The molecule has 2 atom stereocenters. The zero-order valence-electron chi connectivity index (χ0n) is 27.4. The summed E-state index contributed by atoms with van der Waals surface area (Å²) in [6.07, 6.45) is 3.99. The Labute approximate surface area is 266 Å². The van der Waals surface area contributed by atoms with Gasteiger partial charge >= 0.3 is 6.18 Å². The summed E-state index contributed by atoms with van der Waals surface area (Å²) in [4.78, 5) is 5.50. The van der Waals surface area contributed by atoms with Gasteiger partial charge in [-0.25, -0.2) is 0 Å². The van der Waals surface area contributed by atoms with Crippen molar-refractivity contribution in [3.63, 3.8) is 0 Å². The number of aliphatic hydroxyl groups excluding tert-OH is 1. The van der Waals surface area contributed by atoms with Gasteiger partial charge in [0.1, 0.15) is 6.10 Å². The summed E-state index contributed by atoms with van der Waals surface area (Å²) in [7, 11) is -2.22. The first kappa shape index (κ1) is 32.9. The first-order valence-electron chi connectivity index (χ1n) is 16.6. The summed E-state index contributed by atoms with van der Waals surface area (Å²) in [5.74, 6) is 0.0846. The fraction of sp³-hybridized carbons (Fsp3) is 0.639. The van der Waals surface area contributed by atoms with Crippen LogP contribution in [0.15, 0.2) is 30.3 Å². The molecule has 1 aromatic carbocycles. The number of ether oxygens (including phenoxy) is 2. The van der Waals surface area contributed by atoms with Gasteiger partial charge in [0.2, 0.25) is 0 Å². The summed E-state index contributed by atoms with van der Waals surface area (Å²) < 4.78 is 59.3. The van der Waals surface area contributed by atoms with Gasteiger partial charge in [0, 0.05) is 36.0 Å². The summed E-state index contributed by atoms with van der Waals surface area (Å²) >= 11 is 0. The Morgan fingerprint density at radius 3 is 2.27 bits per heavy atom. The highest BCUT2D eigenvalue weighted by Gasteiger charge is 2.49. The third kappa shape index (κ3) is 6.44. The lowest BCUT2D eigenvalue weighted by molar-refractivity contribution is -0.137. The molecule has 2 fully saturated rings. The number of hydrogen-bond donors (Lipinski definition) is 1. The average molecular weight is 644 g/mol. The summed E-state index contributed by atoms with van der Waals surface area (Å²) in [6, 6.07) is 4.96. The van der Waals surface area contributed by atoms with Gasteiger partial charge in [-0.3, -0.25) is 4.98 Å². The number of alkyl halides is 3. The van der Waals surface area contributed by atoms with Crippen molar-refractivity contribution in [3.05, 3.63) is 69.5 Å². The van der Waals surface area contributed by atoms with E-state index in [4.69, 9.17) is 18.9 Å². The van der Waals surface area contributed by atoms with Crippen molar-refractivity contribution in [3.8, 4) is 0 Å². The van der Waals surface area contributed by atoms with Crippen LogP contribution < -0.4 is 0 Å². The number of hydrogen-bond acceptors (Lipinski definition) is 5. The number of aliphatic hydroxyl groups is 1. The fourth-order valence-electron chi connectivity index (χ4n) is 7.46. The Balaban J connectivity index is 1.59. The number of pyridine rings is 1. The second-order valence-electron chi connectivity index (χ2n) is 15.2. The van der Waals surface area contributed by atoms with Gasteiger partial charge in [0.15, 0.2) is 8.32 Å². The van der Waals surface area contributed by atoms with Gasteiger partial charge in [0.05, 0.1) is 30.6 Å². The monoisotopic (exact) mass is 643 g/mol. The van der Waals surface area contributed by atoms with Crippen LogP contribution in [0.1, 0.15) is 123 Å². The van der Waals surface area contributed by atoms with E-state index in [2.05, 4.69) is 39.9 Å². The molecule has 2 aliphatic carbocycles. The third-order valence-corrected chi connectivity index (χ3v) is 15.7. The number of nitrogens with zero attached hydrogens (tertiary/aromatic N) is 1. The van der Waals surface area contributed by atoms with Crippen molar-refractivity contribution in [2.45, 2.75) is 115 Å². The number of aromatic nitrogens is 1. The van der Waals surface area contributed by atoms with Crippen molar-refractivity contribution >= 4 is 13.9 Å². The van der Waals surface area contributed by atoms with Crippen molar-refractivity contribution in [1.29, 1.82) is 0 Å². The standard InChI is InChI=1S/C36H48F3NO4Si/c1-34(2,3)45(4,5)44-28-22-35(15-6-16-35)21-27-30(28)29(23-11-17-42-18-12-23)31(32(40-27)24-13-19-43-20-14-24)33(41)25-7-9-26(10-8-25)36(37,38)39/h7-11,24,28,33,41H,6,12-22H2,1-5H3/t28?,33-/m1/s1. The Kier molecular flexibility index (Phi) is 8.91. The second-order valence-corrected chi connectivity index (χ2v) is 20.0. The average Bonchev–Trinajstić information content (AvgIpc) is 2.98. The number of rotatable bonds is 6. The predicted octanol–water partition coefficient (Wildman–Crippen LogP) is 9.06. The molecule has 1 aromatic heterocycles. The molecule has 1 saturated carbocycles. The highest BCUT2D eigenvalue weighted by molar-refractivity contribution is 6.74. The van der Waals surface area contributed by atoms with Crippen LogP contribution >= 0.6 is 0 Å². The molecule has 1 N–H and O–H groups in total. The lowest BCUT2D eigenvalue weighted by atomic mass is 9.59. The Bertz CT molecular complexity index is 1420. The molecule has 1 unspecified atom stereocenters. The van der Waals surface area contributed by atoms with E-state index in [9.17, 15) is 18.3 Å². The molecule has 5 nitrogen and oxygen atoms in total. The van der Waals surface area contributed by atoms with Crippen LogP contribution in [0.25, 0.3) is 5.57 Å². The third-order valence-electron chi connectivity index (χ3n) is 11.2. The molecule has 0 bridgehead atoms. The van der Waals surface area contributed by atoms with E-state index >= 15 is 0 Å². The number of benzene rings is 1. The van der Waals surface area contributed by atoms with E-state index < -0.39 is 26.2 Å². The molecule has 0 amide bonds. The van der Waals surface area contributed by atoms with Crippen LogP contribution in [-0.4, -0.2) is 44.8 Å². The predicted molar refractivity (Wildman–Crippen MR) is 172 cm³/mol. The van der Waals surface area contributed by atoms with Gasteiger partial charge in [0.25, 0.3) is 0 Å². The van der Waals surface area contributed by atoms with E-state index in [1.54, 1.807) is 0 Å². The van der Waals surface area contributed by atoms with Crippen molar-refractivity contribution in [2.75, 3.05) is 26.4 Å². The maximum Gasteiger partial charge on any atom is 0.416 e. The van der Waals surface area contributed by atoms with Crippen LogP contribution in [0.2, 0.25) is 18.1 Å². The highest BCUT2D eigenvalue weighted by atomic mass is 28.4. The quantitative estimate of drug-likeness (QED) is 0.318. The number of halogens is 3. The van der Waals surface area contributed by atoms with Gasteiger partial charge < -0.3 is 19.0 Å². The Morgan fingerprint density at radius 1 is 1.02 bits per heavy atom. The van der Waals surface area contributed by atoms with Crippen molar-refractivity contribution in [1.82, 2.24) is 4.98 Å². The lowest BCUT2D eigenvalue weighted by Gasteiger charge is -2.51. The molecule has 1 saturated heterocycles. The Hall–Kier alpha value is -2.04. The smallest absolute Gasteiger partial charge is 0.410 e. The first-order chi connectivity index (χ1) is 21.2. The summed E-state index contributed by atoms with van der Waals surface area (Å²) in [5.41, 5.74) is 5.75. The summed E-state index contributed by atoms with van der Waals surface area (Å²) in [5, 5.41) is 12.3. The molecular weight excluding hydrogens is 595 g/mol. The topological polar surface area (TPSA) is 60.8 Å². The molecular formula is C36H48F3NO4Si. The van der Waals surface area contributed by atoms with Gasteiger partial charge in [-0.2, -0.15) is 13.2 Å². The molecule has 4 aliphatic rings. The minimum Gasteiger partial charge on any atom is -0.410 e. The van der Waals surface area contributed by atoms with Crippen LogP contribution in [0.5, 0.6) is 0 Å². The second kappa shape index (κ2) is 12.2. The molecule has 1 spiro atoms. The number of fused-ring (bicyclic) bond motifs is 1. The maximum absolute atomic E-state index is 13.5. The zero-order valence-corrected chi connectivity index (χ0v) is 28.4. The first-order valence-corrected chi connectivity index (χ1v) is 19.5. The van der Waals surface area contributed by atoms with Crippen LogP contribution in [-0.2, 0) is 26.5 Å². The van der Waals surface area contributed by atoms with E-state index in [0.717, 1.165) is 71.5 Å². The fourth-order valence-corrected chi connectivity index (χ4v) is 8.72. The molecule has 246 valence electrons. The highest BCUT2D eigenvalue weighted by Crippen LogP contribution is 2.58. The van der Waals surface area contributed by atoms with Gasteiger partial charge in [-0.05, 0) is 97.3 Å². The van der Waals surface area contributed by atoms with Crippen LogP contribution in [0.4, 0.5) is 13.2 Å². The van der Waals surface area contributed by atoms with Crippen molar-refractivity contribution < 1.29 is 32.2 Å². The minimum absolute atomic E-state index is 0.00748. The molecule has 45 heavy (non-hydrogen) atoms. The maximum atomic E-state index is 13.5. The normalized spacial score (nSPS) is 23.3.